The van der Waals surface area contributed by atoms with Gasteiger partial charge in [-0.1, -0.05) is 18.2 Å². The monoisotopic (exact) mass is 190 g/mol. The highest BCUT2D eigenvalue weighted by molar-refractivity contribution is 5.21. The second-order valence-electron chi connectivity index (χ2n) is 3.75. The van der Waals surface area contributed by atoms with E-state index in [1.807, 2.05) is 30.3 Å². The van der Waals surface area contributed by atoms with Gasteiger partial charge in [0.1, 0.15) is 11.9 Å². The van der Waals surface area contributed by atoms with Gasteiger partial charge in [-0.25, -0.2) is 0 Å². The summed E-state index contributed by atoms with van der Waals surface area (Å²) in [6, 6.07) is 10.0. The van der Waals surface area contributed by atoms with Crippen molar-refractivity contribution in [1.29, 1.82) is 0 Å². The average molecular weight is 190 g/mol. The molecule has 0 bridgehead atoms. The van der Waals surface area contributed by atoms with Crippen molar-refractivity contribution < 1.29 is 4.74 Å². The molecule has 1 fully saturated rings. The summed E-state index contributed by atoms with van der Waals surface area (Å²) in [5.74, 6) is 0.981. The molecule has 0 saturated carbocycles. The summed E-state index contributed by atoms with van der Waals surface area (Å²) in [5.41, 5.74) is 0. The molecule has 0 aromatic heterocycles. The Bertz CT molecular complexity index is 265. The molecular formula is C12H16NO. The van der Waals surface area contributed by atoms with Gasteiger partial charge in [0.2, 0.25) is 0 Å². The molecule has 0 N–H and O–H groups in total. The summed E-state index contributed by atoms with van der Waals surface area (Å²) < 4.78 is 5.85. The van der Waals surface area contributed by atoms with Crippen LogP contribution in [0.5, 0.6) is 5.75 Å². The van der Waals surface area contributed by atoms with Crippen LogP contribution >= 0.6 is 0 Å². The lowest BCUT2D eigenvalue weighted by atomic mass is 10.1. The van der Waals surface area contributed by atoms with Crippen LogP contribution in [-0.4, -0.2) is 24.1 Å². The minimum atomic E-state index is 0.371. The Morgan fingerprint density at radius 3 is 2.43 bits per heavy atom. The van der Waals surface area contributed by atoms with Gasteiger partial charge in [-0.3, -0.25) is 0 Å². The summed E-state index contributed by atoms with van der Waals surface area (Å²) in [6.07, 6.45) is 2.53. The molecule has 2 rings (SSSR count). The van der Waals surface area contributed by atoms with E-state index in [-0.39, 0.29) is 0 Å². The minimum Gasteiger partial charge on any atom is -0.490 e. The van der Waals surface area contributed by atoms with Crippen LogP contribution in [0.4, 0.5) is 0 Å². The number of nitrogens with zero attached hydrogens (tertiary/aromatic N) is 1. The smallest absolute Gasteiger partial charge is 0.119 e. The second kappa shape index (κ2) is 4.47. The lowest BCUT2D eigenvalue weighted by molar-refractivity contribution is 0.122. The fourth-order valence-corrected chi connectivity index (χ4v) is 1.72. The van der Waals surface area contributed by atoms with Crippen LogP contribution in [0.2, 0.25) is 0 Å². The van der Waals surface area contributed by atoms with E-state index in [4.69, 9.17) is 4.74 Å². The molecule has 1 radical (unpaired) electrons. The molecule has 1 aromatic carbocycles. The average Bonchev–Trinajstić information content (AvgIpc) is 2.23. The minimum absolute atomic E-state index is 0.371. The van der Waals surface area contributed by atoms with Crippen molar-refractivity contribution in [2.45, 2.75) is 18.9 Å². The first-order valence-corrected chi connectivity index (χ1v) is 5.12. The van der Waals surface area contributed by atoms with Crippen LogP contribution in [0.25, 0.3) is 0 Å². The SMILES string of the molecule is [CH2]N1CCC(Oc2ccccc2)CC1. The lowest BCUT2D eigenvalue weighted by Crippen LogP contribution is -2.34. The van der Waals surface area contributed by atoms with Gasteiger partial charge in [0.15, 0.2) is 0 Å². The normalized spacial score (nSPS) is 19.5. The van der Waals surface area contributed by atoms with Crippen molar-refractivity contribution in [3.05, 3.63) is 37.4 Å². The summed E-state index contributed by atoms with van der Waals surface area (Å²) in [6.45, 7) is 2.08. The maximum atomic E-state index is 5.85. The Morgan fingerprint density at radius 2 is 1.79 bits per heavy atom. The molecule has 75 valence electrons. The van der Waals surface area contributed by atoms with Gasteiger partial charge in [-0.05, 0) is 25.0 Å². The van der Waals surface area contributed by atoms with Crippen molar-refractivity contribution in [3.8, 4) is 5.75 Å². The molecule has 0 atom stereocenters. The molecule has 0 unspecified atom stereocenters. The van der Waals surface area contributed by atoms with Crippen molar-refractivity contribution in [2.75, 3.05) is 13.1 Å². The Morgan fingerprint density at radius 1 is 1.14 bits per heavy atom. The number of ether oxygens (including phenoxy) is 1. The van der Waals surface area contributed by atoms with E-state index in [0.717, 1.165) is 31.7 Å². The summed E-state index contributed by atoms with van der Waals surface area (Å²) in [5, 5.41) is 0. The van der Waals surface area contributed by atoms with Crippen LogP contribution < -0.4 is 4.74 Å². The standard InChI is InChI=1S/C12H16NO/c1-13-9-7-12(8-10-13)14-11-5-3-2-4-6-11/h2-6,12H,1,7-10H2. The van der Waals surface area contributed by atoms with E-state index in [0.29, 0.717) is 6.10 Å². The van der Waals surface area contributed by atoms with Crippen molar-refractivity contribution >= 4 is 0 Å². The molecule has 0 aliphatic carbocycles. The molecule has 0 amide bonds. The van der Waals surface area contributed by atoms with Crippen molar-refractivity contribution in [3.63, 3.8) is 0 Å². The number of para-hydroxylation sites is 1. The molecule has 1 aromatic rings. The molecule has 1 saturated heterocycles. The molecule has 1 aliphatic rings. The lowest BCUT2D eigenvalue weighted by Gasteiger charge is -2.29. The van der Waals surface area contributed by atoms with Crippen LogP contribution in [0.1, 0.15) is 12.8 Å². The predicted octanol–water partition coefficient (Wildman–Crippen LogP) is 2.32. The van der Waals surface area contributed by atoms with Gasteiger partial charge in [0.05, 0.1) is 0 Å². The van der Waals surface area contributed by atoms with E-state index in [1.54, 1.807) is 0 Å². The Kier molecular flexibility index (Phi) is 3.04. The van der Waals surface area contributed by atoms with Gasteiger partial charge < -0.3 is 9.64 Å². The topological polar surface area (TPSA) is 12.5 Å². The van der Waals surface area contributed by atoms with Crippen molar-refractivity contribution in [2.24, 2.45) is 0 Å². The fourth-order valence-electron chi connectivity index (χ4n) is 1.72. The quantitative estimate of drug-likeness (QED) is 0.709. The maximum Gasteiger partial charge on any atom is 0.119 e. The molecule has 2 nitrogen and oxygen atoms in total. The molecular weight excluding hydrogens is 174 g/mol. The van der Waals surface area contributed by atoms with Crippen LogP contribution in [0, 0.1) is 7.05 Å². The highest BCUT2D eigenvalue weighted by Gasteiger charge is 2.17. The predicted molar refractivity (Wildman–Crippen MR) is 57.0 cm³/mol. The Hall–Kier alpha value is -1.02. The molecule has 14 heavy (non-hydrogen) atoms. The number of piperidine rings is 1. The van der Waals surface area contributed by atoms with E-state index in [2.05, 4.69) is 11.9 Å². The van der Waals surface area contributed by atoms with E-state index in [1.165, 1.54) is 0 Å². The third kappa shape index (κ3) is 2.48. The Balaban J connectivity index is 1.87. The molecule has 2 heteroatoms. The summed E-state index contributed by atoms with van der Waals surface area (Å²) in [7, 11) is 3.92. The summed E-state index contributed by atoms with van der Waals surface area (Å²) >= 11 is 0. The molecule has 1 aliphatic heterocycles. The van der Waals surface area contributed by atoms with Crippen molar-refractivity contribution in [1.82, 2.24) is 4.90 Å². The highest BCUT2D eigenvalue weighted by Crippen LogP contribution is 2.17. The highest BCUT2D eigenvalue weighted by atomic mass is 16.5. The third-order valence-corrected chi connectivity index (χ3v) is 2.58. The summed E-state index contributed by atoms with van der Waals surface area (Å²) in [4.78, 5) is 2.10. The van der Waals surface area contributed by atoms with Gasteiger partial charge in [-0.2, -0.15) is 0 Å². The maximum absolute atomic E-state index is 5.85. The zero-order valence-corrected chi connectivity index (χ0v) is 8.36. The van der Waals surface area contributed by atoms with Gasteiger partial charge >= 0.3 is 0 Å². The first-order chi connectivity index (χ1) is 6.84. The van der Waals surface area contributed by atoms with Gasteiger partial charge in [-0.15, -0.1) is 0 Å². The fraction of sp³-hybridized carbons (Fsp3) is 0.417. The van der Waals surface area contributed by atoms with E-state index in [9.17, 15) is 0 Å². The van der Waals surface area contributed by atoms with Gasteiger partial charge in [0, 0.05) is 20.1 Å². The number of hydrogen-bond donors (Lipinski definition) is 0. The molecule has 0 spiro atoms. The number of likely N-dealkylation sites (tertiary alicyclic amines) is 1. The zero-order valence-electron chi connectivity index (χ0n) is 8.36. The first-order valence-electron chi connectivity index (χ1n) is 5.12. The van der Waals surface area contributed by atoms with E-state index < -0.39 is 0 Å². The number of rotatable bonds is 2. The number of hydrogen-bond acceptors (Lipinski definition) is 2. The van der Waals surface area contributed by atoms with E-state index >= 15 is 0 Å². The van der Waals surface area contributed by atoms with Gasteiger partial charge in [0.25, 0.3) is 0 Å². The first kappa shape index (κ1) is 9.53. The van der Waals surface area contributed by atoms with Crippen LogP contribution in [0.15, 0.2) is 30.3 Å². The molecule has 1 heterocycles. The largest absolute Gasteiger partial charge is 0.490 e. The second-order valence-corrected chi connectivity index (χ2v) is 3.75. The third-order valence-electron chi connectivity index (χ3n) is 2.58. The zero-order chi connectivity index (χ0) is 9.80. The number of benzene rings is 1. The van der Waals surface area contributed by atoms with Crippen LogP contribution in [-0.2, 0) is 0 Å². The Labute approximate surface area is 85.5 Å². The van der Waals surface area contributed by atoms with Crippen LogP contribution in [0.3, 0.4) is 0 Å².